The summed E-state index contributed by atoms with van der Waals surface area (Å²) in [6.07, 6.45) is 4.00. The molecule has 10 nitrogen and oxygen atoms in total. The zero-order valence-electron chi connectivity index (χ0n) is 14.7. The zero-order valence-corrected chi connectivity index (χ0v) is 16.3. The molecule has 1 aromatic carbocycles. The number of halogens is 1. The van der Waals surface area contributed by atoms with Crippen LogP contribution in [0.25, 0.3) is 0 Å². The Bertz CT molecular complexity index is 864. The van der Waals surface area contributed by atoms with Crippen LogP contribution in [-0.2, 0) is 0 Å². The molecule has 1 aromatic heterocycles. The lowest BCUT2D eigenvalue weighted by atomic mass is 10.1. The Kier molecular flexibility index (Phi) is 6.37. The summed E-state index contributed by atoms with van der Waals surface area (Å²) in [6.45, 7) is 0.618. The van der Waals surface area contributed by atoms with Gasteiger partial charge in [0.2, 0.25) is 5.95 Å². The molecule has 2 heterocycles. The summed E-state index contributed by atoms with van der Waals surface area (Å²) in [7, 11) is 0. The first-order valence-corrected chi connectivity index (χ1v) is 9.32. The molecule has 28 heavy (non-hydrogen) atoms. The molecule has 0 bridgehead atoms. The zero-order chi connectivity index (χ0) is 20.1. The first-order chi connectivity index (χ1) is 13.5. The van der Waals surface area contributed by atoms with Crippen LogP contribution in [0.2, 0.25) is 0 Å². The van der Waals surface area contributed by atoms with Gasteiger partial charge in [0.25, 0.3) is 5.91 Å². The highest BCUT2D eigenvalue weighted by molar-refractivity contribution is 9.10. The molecule has 1 amide bonds. The third-order valence-corrected chi connectivity index (χ3v) is 4.59. The fraction of sp³-hybridized carbons (Fsp3) is 0.353. The second-order valence-corrected chi connectivity index (χ2v) is 7.03. The molecule has 0 radical (unpaired) electrons. The van der Waals surface area contributed by atoms with Crippen molar-refractivity contribution in [1.82, 2.24) is 14.9 Å². The minimum absolute atomic E-state index is 0.00767. The number of ether oxygens (including phenoxy) is 1. The highest BCUT2D eigenvalue weighted by Crippen LogP contribution is 2.29. The molecule has 0 spiro atoms. The Morgan fingerprint density at radius 1 is 1.43 bits per heavy atom. The van der Waals surface area contributed by atoms with Crippen molar-refractivity contribution in [2.75, 3.05) is 31.6 Å². The van der Waals surface area contributed by atoms with E-state index >= 15 is 0 Å². The molecular weight excluding hydrogens is 434 g/mol. The Balaban J connectivity index is 1.68. The van der Waals surface area contributed by atoms with Crippen molar-refractivity contribution >= 4 is 33.5 Å². The second kappa shape index (κ2) is 8.93. The van der Waals surface area contributed by atoms with Crippen LogP contribution in [-0.4, -0.2) is 63.2 Å². The van der Waals surface area contributed by atoms with Gasteiger partial charge in [-0.1, -0.05) is 0 Å². The summed E-state index contributed by atoms with van der Waals surface area (Å²) in [4.78, 5) is 33.3. The van der Waals surface area contributed by atoms with Gasteiger partial charge < -0.3 is 20.1 Å². The van der Waals surface area contributed by atoms with Gasteiger partial charge in [-0.2, -0.15) is 0 Å². The molecule has 1 aliphatic heterocycles. The topological polar surface area (TPSA) is 131 Å². The molecular formula is C17H18BrN5O5. The summed E-state index contributed by atoms with van der Waals surface area (Å²) in [5.74, 6) is 0.198. The molecule has 11 heteroatoms. The van der Waals surface area contributed by atoms with E-state index < -0.39 is 4.92 Å². The number of hydrogen-bond acceptors (Lipinski definition) is 8. The monoisotopic (exact) mass is 451 g/mol. The standard InChI is InChI=1S/C17H18BrN5O5/c18-12-8-19-17(20-9-12)21-13-3-4-22(10-13)16(25)11-1-2-14(23(26)27)15(7-11)28-6-5-24/h1-2,7-9,13,24H,3-6,10H2,(H,19,20,21)/t13-/m0/s1. The van der Waals surface area contributed by atoms with Crippen molar-refractivity contribution in [2.24, 2.45) is 0 Å². The van der Waals surface area contributed by atoms with Crippen molar-refractivity contribution in [3.63, 3.8) is 0 Å². The summed E-state index contributed by atoms with van der Waals surface area (Å²) < 4.78 is 5.99. The largest absolute Gasteiger partial charge is 0.484 e. The van der Waals surface area contributed by atoms with Gasteiger partial charge >= 0.3 is 5.69 Å². The maximum atomic E-state index is 12.8. The molecule has 0 unspecified atom stereocenters. The van der Waals surface area contributed by atoms with Crippen LogP contribution in [0.1, 0.15) is 16.8 Å². The number of carbonyl (C=O) groups is 1. The average Bonchev–Trinajstić information content (AvgIpc) is 3.15. The van der Waals surface area contributed by atoms with E-state index in [0.717, 1.165) is 10.9 Å². The number of rotatable bonds is 7. The van der Waals surface area contributed by atoms with Gasteiger partial charge in [-0.3, -0.25) is 14.9 Å². The number of aliphatic hydroxyl groups excluding tert-OH is 1. The van der Waals surface area contributed by atoms with Crippen molar-refractivity contribution < 1.29 is 19.6 Å². The molecule has 1 atom stereocenters. The van der Waals surface area contributed by atoms with E-state index in [2.05, 4.69) is 31.2 Å². The average molecular weight is 452 g/mol. The number of carbonyl (C=O) groups excluding carboxylic acids is 1. The Hall–Kier alpha value is -2.79. The molecule has 1 fully saturated rings. The quantitative estimate of drug-likeness (QED) is 0.481. The van der Waals surface area contributed by atoms with Gasteiger partial charge in [0.15, 0.2) is 5.75 Å². The van der Waals surface area contributed by atoms with Crippen molar-refractivity contribution in [2.45, 2.75) is 12.5 Å². The van der Waals surface area contributed by atoms with Gasteiger partial charge in [-0.15, -0.1) is 0 Å². The Labute approximate surface area is 168 Å². The van der Waals surface area contributed by atoms with E-state index in [4.69, 9.17) is 9.84 Å². The lowest BCUT2D eigenvalue weighted by molar-refractivity contribution is -0.385. The Morgan fingerprint density at radius 2 is 2.18 bits per heavy atom. The number of aromatic nitrogens is 2. The fourth-order valence-electron chi connectivity index (χ4n) is 2.88. The van der Waals surface area contributed by atoms with Crippen LogP contribution < -0.4 is 10.1 Å². The predicted octanol–water partition coefficient (Wildman–Crippen LogP) is 1.84. The first-order valence-electron chi connectivity index (χ1n) is 8.53. The number of anilines is 1. The van der Waals surface area contributed by atoms with E-state index in [1.165, 1.54) is 18.2 Å². The number of nitrogens with zero attached hydrogens (tertiary/aromatic N) is 4. The molecule has 0 saturated carbocycles. The maximum absolute atomic E-state index is 12.8. The summed E-state index contributed by atoms with van der Waals surface area (Å²) in [5, 5.41) is 23.2. The van der Waals surface area contributed by atoms with Crippen LogP contribution in [0.4, 0.5) is 11.6 Å². The van der Waals surface area contributed by atoms with Gasteiger partial charge in [0, 0.05) is 49.2 Å². The normalized spacial score (nSPS) is 16.1. The van der Waals surface area contributed by atoms with Gasteiger partial charge in [-0.05, 0) is 28.4 Å². The lowest BCUT2D eigenvalue weighted by Gasteiger charge is -2.17. The van der Waals surface area contributed by atoms with Crippen LogP contribution in [0.3, 0.4) is 0 Å². The van der Waals surface area contributed by atoms with Crippen molar-refractivity contribution in [1.29, 1.82) is 0 Å². The van der Waals surface area contributed by atoms with Crippen LogP contribution in [0.15, 0.2) is 35.1 Å². The summed E-state index contributed by atoms with van der Waals surface area (Å²) in [5.41, 5.74) is 0.0393. The number of amides is 1. The Morgan fingerprint density at radius 3 is 2.86 bits per heavy atom. The highest BCUT2D eigenvalue weighted by atomic mass is 79.9. The highest BCUT2D eigenvalue weighted by Gasteiger charge is 2.28. The molecule has 3 rings (SSSR count). The van der Waals surface area contributed by atoms with Gasteiger partial charge in [0.1, 0.15) is 6.61 Å². The number of nitrogens with one attached hydrogen (secondary N) is 1. The van der Waals surface area contributed by atoms with E-state index in [1.54, 1.807) is 17.3 Å². The predicted molar refractivity (Wildman–Crippen MR) is 103 cm³/mol. The number of aliphatic hydroxyl groups is 1. The smallest absolute Gasteiger partial charge is 0.310 e. The number of benzene rings is 1. The molecule has 1 aliphatic rings. The van der Waals surface area contributed by atoms with E-state index in [9.17, 15) is 14.9 Å². The second-order valence-electron chi connectivity index (χ2n) is 6.12. The first kappa shape index (κ1) is 20.0. The molecule has 1 saturated heterocycles. The number of hydrogen-bond donors (Lipinski definition) is 2. The molecule has 148 valence electrons. The number of nitro benzene ring substituents is 1. The minimum Gasteiger partial charge on any atom is -0.484 e. The van der Waals surface area contributed by atoms with Gasteiger partial charge in [-0.25, -0.2) is 9.97 Å². The lowest BCUT2D eigenvalue weighted by Crippen LogP contribution is -2.31. The van der Waals surface area contributed by atoms with Crippen LogP contribution in [0.5, 0.6) is 5.75 Å². The molecule has 0 aliphatic carbocycles. The maximum Gasteiger partial charge on any atom is 0.310 e. The summed E-state index contributed by atoms with van der Waals surface area (Å²) in [6, 6.07) is 3.99. The molecule has 2 aromatic rings. The number of nitro groups is 1. The van der Waals surface area contributed by atoms with Crippen molar-refractivity contribution in [3.8, 4) is 5.75 Å². The molecule has 2 N–H and O–H groups in total. The third-order valence-electron chi connectivity index (χ3n) is 4.18. The minimum atomic E-state index is -0.588. The van der Waals surface area contributed by atoms with Gasteiger partial charge in [0.05, 0.1) is 16.0 Å². The van der Waals surface area contributed by atoms with E-state index in [1.807, 2.05) is 0 Å². The number of likely N-dealkylation sites (tertiary alicyclic amines) is 1. The fourth-order valence-corrected chi connectivity index (χ4v) is 3.09. The SMILES string of the molecule is O=C(c1ccc([N+](=O)[O-])c(OCCO)c1)N1CC[C@H](Nc2ncc(Br)cn2)C1. The summed E-state index contributed by atoms with van der Waals surface area (Å²) >= 11 is 3.28. The van der Waals surface area contributed by atoms with Crippen LogP contribution in [0, 0.1) is 10.1 Å². The van der Waals surface area contributed by atoms with E-state index in [0.29, 0.717) is 24.6 Å². The van der Waals surface area contributed by atoms with Crippen molar-refractivity contribution in [3.05, 3.63) is 50.7 Å². The third kappa shape index (κ3) is 4.73. The van der Waals surface area contributed by atoms with Crippen LogP contribution >= 0.6 is 15.9 Å². The van der Waals surface area contributed by atoms with E-state index in [-0.39, 0.29) is 36.6 Å².